The molecule has 102 valence electrons. The zero-order chi connectivity index (χ0) is 13.3. The summed E-state index contributed by atoms with van der Waals surface area (Å²) in [5.74, 6) is -1.06. The van der Waals surface area contributed by atoms with Gasteiger partial charge in [0.05, 0.1) is 11.7 Å². The molecule has 0 aromatic heterocycles. The van der Waals surface area contributed by atoms with Gasteiger partial charge in [-0.1, -0.05) is 13.3 Å². The molecule has 0 rings (SSSR count). The maximum atomic E-state index is 11.2. The number of carboxylic acid groups (broad SMARTS) is 1. The topological polar surface area (TPSA) is 97.5 Å². The Labute approximate surface area is 103 Å². The molecular weight excluding hydrogens is 242 g/mol. The summed E-state index contributed by atoms with van der Waals surface area (Å²) < 4.78 is 22.5. The van der Waals surface area contributed by atoms with Gasteiger partial charge in [-0.05, 0) is 32.2 Å². The molecule has 0 aromatic rings. The van der Waals surface area contributed by atoms with Crippen LogP contribution in [0.25, 0.3) is 0 Å². The first-order valence-electron chi connectivity index (χ1n) is 6.06. The Morgan fingerprint density at radius 2 is 1.82 bits per heavy atom. The van der Waals surface area contributed by atoms with Crippen molar-refractivity contribution in [2.75, 3.05) is 18.1 Å². The number of carbonyl (C=O) groups is 1. The van der Waals surface area contributed by atoms with Gasteiger partial charge in [0, 0.05) is 5.75 Å². The molecule has 0 heterocycles. The van der Waals surface area contributed by atoms with Crippen LogP contribution in [0.2, 0.25) is 0 Å². The van der Waals surface area contributed by atoms with Crippen LogP contribution in [0.4, 0.5) is 0 Å². The lowest BCUT2D eigenvalue weighted by molar-refractivity contribution is -0.142. The van der Waals surface area contributed by atoms with Gasteiger partial charge in [0.2, 0.25) is 0 Å². The molecule has 3 N–H and O–H groups in total. The second-order valence-corrected chi connectivity index (χ2v) is 6.67. The summed E-state index contributed by atoms with van der Waals surface area (Å²) in [6, 6.07) is 0. The van der Waals surface area contributed by atoms with Crippen molar-refractivity contribution in [3.8, 4) is 0 Å². The van der Waals surface area contributed by atoms with E-state index in [1.54, 1.807) is 6.92 Å². The third-order valence-corrected chi connectivity index (χ3v) is 4.59. The molecule has 1 atom stereocenters. The van der Waals surface area contributed by atoms with Gasteiger partial charge in [-0.15, -0.1) is 0 Å². The van der Waals surface area contributed by atoms with Crippen molar-refractivity contribution in [1.29, 1.82) is 0 Å². The van der Waals surface area contributed by atoms with Crippen molar-refractivity contribution in [2.45, 2.75) is 39.0 Å². The fourth-order valence-corrected chi connectivity index (χ4v) is 2.52. The van der Waals surface area contributed by atoms with Crippen LogP contribution in [0.1, 0.15) is 39.0 Å². The largest absolute Gasteiger partial charge is 0.481 e. The van der Waals surface area contributed by atoms with Crippen molar-refractivity contribution in [2.24, 2.45) is 11.7 Å². The summed E-state index contributed by atoms with van der Waals surface area (Å²) >= 11 is 0. The van der Waals surface area contributed by atoms with Crippen LogP contribution in [0.5, 0.6) is 0 Å². The van der Waals surface area contributed by atoms with Gasteiger partial charge in [-0.3, -0.25) is 4.79 Å². The van der Waals surface area contributed by atoms with Crippen molar-refractivity contribution in [3.05, 3.63) is 0 Å². The van der Waals surface area contributed by atoms with Crippen molar-refractivity contribution in [1.82, 2.24) is 0 Å². The van der Waals surface area contributed by atoms with E-state index < -0.39 is 21.7 Å². The minimum Gasteiger partial charge on any atom is -0.481 e. The quantitative estimate of drug-likeness (QED) is 0.575. The summed E-state index contributed by atoms with van der Waals surface area (Å²) in [6.07, 6.45) is 3.04. The highest BCUT2D eigenvalue weighted by atomic mass is 32.2. The van der Waals surface area contributed by atoms with E-state index in [-0.39, 0.29) is 11.5 Å². The van der Waals surface area contributed by atoms with Crippen LogP contribution in [0.3, 0.4) is 0 Å². The standard InChI is InChI=1S/C11H23NO4S/c1-2-17(15,16)9-5-7-10(11(13)14)6-3-4-8-12/h10H,2-9,12H2,1H3,(H,13,14). The number of aliphatic carboxylic acids is 1. The van der Waals surface area contributed by atoms with Crippen molar-refractivity contribution < 1.29 is 18.3 Å². The normalized spacial score (nSPS) is 13.5. The van der Waals surface area contributed by atoms with Gasteiger partial charge in [-0.25, -0.2) is 8.42 Å². The summed E-state index contributed by atoms with van der Waals surface area (Å²) in [5, 5.41) is 8.98. The molecule has 1 unspecified atom stereocenters. The molecule has 0 amide bonds. The van der Waals surface area contributed by atoms with Crippen LogP contribution < -0.4 is 5.73 Å². The molecule has 0 aliphatic rings. The third-order valence-electron chi connectivity index (χ3n) is 2.80. The number of nitrogens with two attached hydrogens (primary N) is 1. The Kier molecular flexibility index (Phi) is 8.16. The van der Waals surface area contributed by atoms with E-state index in [0.29, 0.717) is 25.8 Å². The van der Waals surface area contributed by atoms with Crippen LogP contribution in [-0.2, 0) is 14.6 Å². The Hall–Kier alpha value is -0.620. The van der Waals surface area contributed by atoms with Gasteiger partial charge in [0.15, 0.2) is 0 Å². The third kappa shape index (κ3) is 8.15. The van der Waals surface area contributed by atoms with Crippen LogP contribution in [0.15, 0.2) is 0 Å². The first-order valence-corrected chi connectivity index (χ1v) is 7.88. The zero-order valence-electron chi connectivity index (χ0n) is 10.4. The van der Waals surface area contributed by atoms with Crippen LogP contribution >= 0.6 is 0 Å². The van der Waals surface area contributed by atoms with E-state index in [2.05, 4.69) is 0 Å². The molecule has 0 radical (unpaired) electrons. The van der Waals surface area contributed by atoms with E-state index in [1.807, 2.05) is 0 Å². The van der Waals surface area contributed by atoms with Crippen molar-refractivity contribution in [3.63, 3.8) is 0 Å². The maximum Gasteiger partial charge on any atom is 0.306 e. The van der Waals surface area contributed by atoms with Crippen molar-refractivity contribution >= 4 is 15.8 Å². The van der Waals surface area contributed by atoms with E-state index in [0.717, 1.165) is 12.8 Å². The lowest BCUT2D eigenvalue weighted by Gasteiger charge is -2.11. The molecular formula is C11H23NO4S. The van der Waals surface area contributed by atoms with E-state index in [1.165, 1.54) is 0 Å². The zero-order valence-corrected chi connectivity index (χ0v) is 11.2. The molecule has 0 fully saturated rings. The Morgan fingerprint density at radius 1 is 1.24 bits per heavy atom. The number of sulfone groups is 1. The van der Waals surface area contributed by atoms with E-state index >= 15 is 0 Å². The summed E-state index contributed by atoms with van der Waals surface area (Å²) in [4.78, 5) is 10.9. The molecule has 17 heavy (non-hydrogen) atoms. The molecule has 5 nitrogen and oxygen atoms in total. The van der Waals surface area contributed by atoms with Gasteiger partial charge < -0.3 is 10.8 Å². The molecule has 0 aromatic carbocycles. The predicted octanol–water partition coefficient (Wildman–Crippen LogP) is 1.03. The summed E-state index contributed by atoms with van der Waals surface area (Å²) in [7, 11) is -2.98. The lowest BCUT2D eigenvalue weighted by atomic mass is 9.97. The van der Waals surface area contributed by atoms with Gasteiger partial charge in [-0.2, -0.15) is 0 Å². The van der Waals surface area contributed by atoms with E-state index in [9.17, 15) is 13.2 Å². The number of hydrogen-bond acceptors (Lipinski definition) is 4. The SMILES string of the molecule is CCS(=O)(=O)CCCC(CCCCN)C(=O)O. The number of hydrogen-bond donors (Lipinski definition) is 2. The Morgan fingerprint density at radius 3 is 2.29 bits per heavy atom. The summed E-state index contributed by atoms with van der Waals surface area (Å²) in [6.45, 7) is 2.17. The Bertz CT molecular complexity index is 313. The highest BCUT2D eigenvalue weighted by Crippen LogP contribution is 2.15. The molecule has 0 bridgehead atoms. The predicted molar refractivity (Wildman–Crippen MR) is 67.6 cm³/mol. The first kappa shape index (κ1) is 16.4. The van der Waals surface area contributed by atoms with Gasteiger partial charge >= 0.3 is 5.97 Å². The van der Waals surface area contributed by atoms with Gasteiger partial charge in [0.25, 0.3) is 0 Å². The molecule has 0 aliphatic heterocycles. The highest BCUT2D eigenvalue weighted by Gasteiger charge is 2.17. The molecule has 0 saturated heterocycles. The fourth-order valence-electron chi connectivity index (χ4n) is 1.62. The second-order valence-electron chi connectivity index (χ2n) is 4.20. The van der Waals surface area contributed by atoms with Crippen LogP contribution in [0, 0.1) is 5.92 Å². The minimum absolute atomic E-state index is 0.0875. The number of rotatable bonds is 10. The number of carboxylic acids is 1. The maximum absolute atomic E-state index is 11.2. The molecule has 0 aliphatic carbocycles. The monoisotopic (exact) mass is 265 g/mol. The van der Waals surface area contributed by atoms with Gasteiger partial charge in [0.1, 0.15) is 9.84 Å². The second kappa shape index (κ2) is 8.47. The Balaban J connectivity index is 3.97. The summed E-state index contributed by atoms with van der Waals surface area (Å²) in [5.41, 5.74) is 5.34. The number of unbranched alkanes of at least 4 members (excludes halogenated alkanes) is 1. The van der Waals surface area contributed by atoms with E-state index in [4.69, 9.17) is 10.8 Å². The molecule has 6 heteroatoms. The molecule has 0 spiro atoms. The fraction of sp³-hybridized carbons (Fsp3) is 0.909. The average Bonchev–Trinajstić information content (AvgIpc) is 2.27. The minimum atomic E-state index is -2.98. The van der Waals surface area contributed by atoms with Crippen LogP contribution in [-0.4, -0.2) is 37.5 Å². The average molecular weight is 265 g/mol. The lowest BCUT2D eigenvalue weighted by Crippen LogP contribution is -2.16. The molecule has 0 saturated carbocycles. The smallest absolute Gasteiger partial charge is 0.306 e. The first-order chi connectivity index (χ1) is 7.93. The highest BCUT2D eigenvalue weighted by molar-refractivity contribution is 7.91.